The highest BCUT2D eigenvalue weighted by atomic mass is 35.5. The maximum absolute atomic E-state index is 12.9. The minimum absolute atomic E-state index is 0.0352. The van der Waals surface area contributed by atoms with Crippen molar-refractivity contribution in [2.75, 3.05) is 0 Å². The Morgan fingerprint density at radius 1 is 1.33 bits per heavy atom. The second-order valence-electron chi connectivity index (χ2n) is 6.91. The van der Waals surface area contributed by atoms with Gasteiger partial charge in [-0.3, -0.25) is 14.5 Å². The molecule has 1 amide bonds. The Bertz CT molecular complexity index is 870. The highest BCUT2D eigenvalue weighted by Gasteiger charge is 2.48. The maximum atomic E-state index is 12.9. The summed E-state index contributed by atoms with van der Waals surface area (Å²) in [6.07, 6.45) is 7.62. The summed E-state index contributed by atoms with van der Waals surface area (Å²) in [4.78, 5) is 25.7. The van der Waals surface area contributed by atoms with E-state index in [1.165, 1.54) is 11.8 Å². The Kier molecular flexibility index (Phi) is 5.06. The molecule has 1 aliphatic heterocycles. The first-order valence-electron chi connectivity index (χ1n) is 8.78. The second-order valence-corrected chi connectivity index (χ2v) is 8.49. The predicted octanol–water partition coefficient (Wildman–Crippen LogP) is 3.41. The average Bonchev–Trinajstić information content (AvgIpc) is 3.32. The molecule has 0 spiro atoms. The molecule has 0 radical (unpaired) electrons. The van der Waals surface area contributed by atoms with Crippen molar-refractivity contribution in [2.24, 2.45) is 22.0 Å². The number of carbonyl (C=O) groups is 2. The van der Waals surface area contributed by atoms with Gasteiger partial charge in [-0.1, -0.05) is 53.7 Å². The van der Waals surface area contributed by atoms with E-state index in [4.69, 9.17) is 16.7 Å². The molecular formula is C19H18ClN3O3S. The molecule has 3 aliphatic rings. The summed E-state index contributed by atoms with van der Waals surface area (Å²) in [5, 5.41) is 17.9. The van der Waals surface area contributed by atoms with E-state index < -0.39 is 11.2 Å². The van der Waals surface area contributed by atoms with Crippen LogP contribution in [-0.4, -0.2) is 44.6 Å². The zero-order chi connectivity index (χ0) is 19.0. The third kappa shape index (κ3) is 3.66. The van der Waals surface area contributed by atoms with Gasteiger partial charge in [-0.2, -0.15) is 5.10 Å². The molecule has 1 aromatic rings. The number of aliphatic carboxylic acids is 1. The molecule has 27 heavy (non-hydrogen) atoms. The highest BCUT2D eigenvalue weighted by molar-refractivity contribution is 8.15. The first-order chi connectivity index (χ1) is 13.0. The molecular weight excluding hydrogens is 386 g/mol. The van der Waals surface area contributed by atoms with Crippen molar-refractivity contribution in [3.8, 4) is 0 Å². The second kappa shape index (κ2) is 7.48. The highest BCUT2D eigenvalue weighted by Crippen LogP contribution is 2.45. The lowest BCUT2D eigenvalue weighted by Crippen LogP contribution is -2.43. The van der Waals surface area contributed by atoms with Gasteiger partial charge in [0, 0.05) is 16.6 Å². The molecule has 140 valence electrons. The number of rotatable bonds is 5. The van der Waals surface area contributed by atoms with Crippen LogP contribution in [0.1, 0.15) is 24.8 Å². The number of thioether (sulfide) groups is 1. The topological polar surface area (TPSA) is 82.3 Å². The molecule has 4 unspecified atom stereocenters. The standard InChI is InChI=1S/C19H18ClN3O3S/c20-14-4-2-1-3-13(14)10-21-22-19-23(15-8-11-5-6-12(15)7-11)18(26)16(27-19)9-17(24)25/h1-6,10-12,15-16H,7-9H2,(H,24,25)/b21-10+,22-19+. The van der Waals surface area contributed by atoms with Gasteiger partial charge in [-0.15, -0.1) is 5.10 Å². The fourth-order valence-corrected chi connectivity index (χ4v) is 5.23. The van der Waals surface area contributed by atoms with E-state index in [0.717, 1.165) is 18.4 Å². The van der Waals surface area contributed by atoms with Gasteiger partial charge in [0.2, 0.25) is 5.91 Å². The van der Waals surface area contributed by atoms with Crippen LogP contribution in [0.25, 0.3) is 0 Å². The monoisotopic (exact) mass is 403 g/mol. The number of amides is 1. The molecule has 8 heteroatoms. The van der Waals surface area contributed by atoms with Crippen molar-refractivity contribution in [1.82, 2.24) is 4.90 Å². The van der Waals surface area contributed by atoms with Crippen molar-refractivity contribution in [2.45, 2.75) is 30.6 Å². The fourth-order valence-electron chi connectivity index (χ4n) is 3.92. The van der Waals surface area contributed by atoms with Gasteiger partial charge in [0.1, 0.15) is 5.25 Å². The van der Waals surface area contributed by atoms with Crippen LogP contribution >= 0.6 is 23.4 Å². The Hall–Kier alpha value is -2.12. The van der Waals surface area contributed by atoms with Gasteiger partial charge in [0.05, 0.1) is 12.6 Å². The van der Waals surface area contributed by atoms with E-state index >= 15 is 0 Å². The predicted molar refractivity (Wildman–Crippen MR) is 106 cm³/mol. The molecule has 0 aromatic heterocycles. The minimum atomic E-state index is -0.991. The number of allylic oxidation sites excluding steroid dienone is 1. The first-order valence-corrected chi connectivity index (χ1v) is 10.0. The lowest BCUT2D eigenvalue weighted by molar-refractivity contribution is -0.139. The van der Waals surface area contributed by atoms with E-state index in [9.17, 15) is 9.59 Å². The lowest BCUT2D eigenvalue weighted by atomic mass is 10.00. The Morgan fingerprint density at radius 3 is 2.81 bits per heavy atom. The normalized spacial score (nSPS) is 30.9. The molecule has 1 saturated carbocycles. The van der Waals surface area contributed by atoms with Crippen LogP contribution in [0.4, 0.5) is 0 Å². The minimum Gasteiger partial charge on any atom is -0.481 e. The molecule has 4 atom stereocenters. The van der Waals surface area contributed by atoms with Crippen LogP contribution in [0.3, 0.4) is 0 Å². The van der Waals surface area contributed by atoms with E-state index in [2.05, 4.69) is 22.4 Å². The van der Waals surface area contributed by atoms with E-state index in [0.29, 0.717) is 22.0 Å². The van der Waals surface area contributed by atoms with Crippen molar-refractivity contribution in [3.63, 3.8) is 0 Å². The average molecular weight is 404 g/mol. The SMILES string of the molecule is O=C(O)CC1S/C(=N/N=C/c2ccccc2Cl)N(C2CC3C=CC2C3)C1=O. The number of nitrogens with zero attached hydrogens (tertiary/aromatic N) is 3. The van der Waals surface area contributed by atoms with Crippen molar-refractivity contribution >= 4 is 46.6 Å². The summed E-state index contributed by atoms with van der Waals surface area (Å²) in [7, 11) is 0. The van der Waals surface area contributed by atoms with E-state index in [1.807, 2.05) is 18.2 Å². The van der Waals surface area contributed by atoms with Gasteiger partial charge in [-0.25, -0.2) is 0 Å². The molecule has 1 heterocycles. The number of hydrogen-bond donors (Lipinski definition) is 1. The van der Waals surface area contributed by atoms with Crippen LogP contribution in [0.5, 0.6) is 0 Å². The van der Waals surface area contributed by atoms with Gasteiger partial charge in [0.15, 0.2) is 5.17 Å². The number of carboxylic acids is 1. The molecule has 1 N–H and O–H groups in total. The molecule has 2 bridgehead atoms. The Morgan fingerprint density at radius 2 is 2.15 bits per heavy atom. The van der Waals surface area contributed by atoms with Crippen molar-refractivity contribution < 1.29 is 14.7 Å². The number of carboxylic acid groups (broad SMARTS) is 1. The summed E-state index contributed by atoms with van der Waals surface area (Å²) >= 11 is 7.30. The fraction of sp³-hybridized carbons (Fsp3) is 0.368. The van der Waals surface area contributed by atoms with Gasteiger partial charge in [0.25, 0.3) is 0 Å². The first kappa shape index (κ1) is 18.3. The lowest BCUT2D eigenvalue weighted by Gasteiger charge is -2.28. The van der Waals surface area contributed by atoms with Crippen LogP contribution in [-0.2, 0) is 9.59 Å². The number of carbonyl (C=O) groups excluding carboxylic acids is 1. The summed E-state index contributed by atoms with van der Waals surface area (Å²) in [6, 6.07) is 7.31. The summed E-state index contributed by atoms with van der Waals surface area (Å²) in [5.74, 6) is -0.375. The summed E-state index contributed by atoms with van der Waals surface area (Å²) in [5.41, 5.74) is 0.731. The zero-order valence-corrected chi connectivity index (χ0v) is 15.9. The third-order valence-electron chi connectivity index (χ3n) is 5.15. The van der Waals surface area contributed by atoms with Gasteiger partial charge < -0.3 is 5.11 Å². The smallest absolute Gasteiger partial charge is 0.305 e. The van der Waals surface area contributed by atoms with Crippen LogP contribution in [0.2, 0.25) is 5.02 Å². The number of halogens is 1. The van der Waals surface area contributed by atoms with Crippen LogP contribution in [0, 0.1) is 11.8 Å². The number of benzene rings is 1. The van der Waals surface area contributed by atoms with Gasteiger partial charge in [-0.05, 0) is 30.7 Å². The largest absolute Gasteiger partial charge is 0.481 e. The number of amidine groups is 1. The van der Waals surface area contributed by atoms with Crippen molar-refractivity contribution in [3.05, 3.63) is 47.0 Å². The van der Waals surface area contributed by atoms with Gasteiger partial charge >= 0.3 is 5.97 Å². The Labute approximate surface area is 166 Å². The third-order valence-corrected chi connectivity index (χ3v) is 6.63. The number of hydrogen-bond acceptors (Lipinski definition) is 5. The molecule has 1 aromatic carbocycles. The number of fused-ring (bicyclic) bond motifs is 2. The van der Waals surface area contributed by atoms with E-state index in [-0.39, 0.29) is 18.4 Å². The van der Waals surface area contributed by atoms with Crippen LogP contribution < -0.4 is 0 Å². The van der Waals surface area contributed by atoms with E-state index in [1.54, 1.807) is 17.2 Å². The molecule has 4 rings (SSSR count). The Balaban J connectivity index is 1.59. The quantitative estimate of drug-likeness (QED) is 0.464. The molecule has 2 aliphatic carbocycles. The van der Waals surface area contributed by atoms with Crippen LogP contribution in [0.15, 0.2) is 46.6 Å². The zero-order valence-electron chi connectivity index (χ0n) is 14.4. The maximum Gasteiger partial charge on any atom is 0.305 e. The molecule has 2 fully saturated rings. The summed E-state index contributed by atoms with van der Waals surface area (Å²) < 4.78 is 0. The van der Waals surface area contributed by atoms with Crippen molar-refractivity contribution in [1.29, 1.82) is 0 Å². The summed E-state index contributed by atoms with van der Waals surface area (Å²) in [6.45, 7) is 0. The molecule has 1 saturated heterocycles. The molecule has 6 nitrogen and oxygen atoms in total.